The number of aromatic nitrogens is 1. The molecule has 0 atom stereocenters. The average Bonchev–Trinajstić information content (AvgIpc) is 2.44. The van der Waals surface area contributed by atoms with E-state index in [1.165, 1.54) is 36.4 Å². The second-order valence-corrected chi connectivity index (χ2v) is 7.55. The lowest BCUT2D eigenvalue weighted by atomic mass is 10.1. The minimum Gasteiger partial charge on any atom is -0.247 e. The summed E-state index contributed by atoms with van der Waals surface area (Å²) in [7, 11) is 0. The van der Waals surface area contributed by atoms with E-state index in [1.807, 2.05) is 0 Å². The second-order valence-electron chi connectivity index (χ2n) is 5.04. The van der Waals surface area contributed by atoms with Crippen LogP contribution in [0.25, 0.3) is 22.5 Å². The van der Waals surface area contributed by atoms with Crippen LogP contribution < -0.4 is 0 Å². The van der Waals surface area contributed by atoms with Crippen molar-refractivity contribution in [1.29, 1.82) is 0 Å². The molecular formula is C17H6Cl6FN. The molecule has 25 heavy (non-hydrogen) atoms. The van der Waals surface area contributed by atoms with Crippen molar-refractivity contribution in [3.8, 4) is 22.5 Å². The number of pyridine rings is 1. The van der Waals surface area contributed by atoms with Gasteiger partial charge in [0.05, 0.1) is 31.5 Å². The van der Waals surface area contributed by atoms with Crippen LogP contribution in [0.2, 0.25) is 30.1 Å². The number of benzene rings is 2. The first-order valence-electron chi connectivity index (χ1n) is 6.73. The molecule has 0 amide bonds. The molecule has 0 aliphatic rings. The fourth-order valence-corrected chi connectivity index (χ4v) is 4.35. The summed E-state index contributed by atoms with van der Waals surface area (Å²) in [6.07, 6.45) is 0. The van der Waals surface area contributed by atoms with Gasteiger partial charge in [-0.15, -0.1) is 0 Å². The van der Waals surface area contributed by atoms with Crippen LogP contribution in [0.3, 0.4) is 0 Å². The third-order valence-corrected chi connectivity index (χ3v) is 4.94. The summed E-state index contributed by atoms with van der Waals surface area (Å²) in [4.78, 5) is 4.41. The molecule has 128 valence electrons. The Kier molecular flexibility index (Phi) is 5.69. The predicted molar refractivity (Wildman–Crippen MR) is 105 cm³/mol. The first kappa shape index (κ1) is 19.0. The quantitative estimate of drug-likeness (QED) is 0.377. The van der Waals surface area contributed by atoms with E-state index in [1.54, 1.807) is 0 Å². The zero-order valence-corrected chi connectivity index (χ0v) is 16.6. The molecule has 1 heterocycles. The van der Waals surface area contributed by atoms with Crippen LogP contribution in [0.5, 0.6) is 0 Å². The van der Waals surface area contributed by atoms with Crippen molar-refractivity contribution < 1.29 is 4.39 Å². The van der Waals surface area contributed by atoms with E-state index in [2.05, 4.69) is 4.98 Å². The zero-order valence-electron chi connectivity index (χ0n) is 12.1. The number of rotatable bonds is 2. The molecule has 0 aliphatic carbocycles. The van der Waals surface area contributed by atoms with E-state index in [-0.39, 0.29) is 31.5 Å². The molecule has 3 aromatic rings. The van der Waals surface area contributed by atoms with E-state index >= 15 is 0 Å². The van der Waals surface area contributed by atoms with Crippen LogP contribution in [0.1, 0.15) is 0 Å². The third kappa shape index (κ3) is 4.00. The highest BCUT2D eigenvalue weighted by atomic mass is 35.5. The van der Waals surface area contributed by atoms with Gasteiger partial charge in [-0.1, -0.05) is 69.6 Å². The highest BCUT2D eigenvalue weighted by Gasteiger charge is 2.17. The molecule has 1 nitrogen and oxygen atoms in total. The molecular weight excluding hydrogens is 450 g/mol. The Labute approximate surface area is 173 Å². The maximum Gasteiger partial charge on any atom is 0.127 e. The van der Waals surface area contributed by atoms with Crippen LogP contribution in [-0.4, -0.2) is 4.98 Å². The van der Waals surface area contributed by atoms with Gasteiger partial charge in [0.1, 0.15) is 5.82 Å². The smallest absolute Gasteiger partial charge is 0.127 e. The monoisotopic (exact) mass is 453 g/mol. The molecule has 2 aromatic carbocycles. The third-order valence-electron chi connectivity index (χ3n) is 3.32. The summed E-state index contributed by atoms with van der Waals surface area (Å²) < 4.78 is 14.2. The summed E-state index contributed by atoms with van der Waals surface area (Å²) in [6, 6.07) is 8.42. The van der Waals surface area contributed by atoms with Gasteiger partial charge in [-0.2, -0.15) is 0 Å². The summed E-state index contributed by atoms with van der Waals surface area (Å²) in [5, 5.41) is 1.70. The van der Waals surface area contributed by atoms with Crippen LogP contribution >= 0.6 is 69.6 Å². The second kappa shape index (κ2) is 7.48. The number of nitrogens with zero attached hydrogens (tertiary/aromatic N) is 1. The first-order chi connectivity index (χ1) is 11.8. The van der Waals surface area contributed by atoms with Crippen molar-refractivity contribution in [3.63, 3.8) is 0 Å². The van der Waals surface area contributed by atoms with E-state index in [0.717, 1.165) is 0 Å². The van der Waals surface area contributed by atoms with Crippen molar-refractivity contribution in [2.75, 3.05) is 0 Å². The Hall–Kier alpha value is -0.740. The fourth-order valence-electron chi connectivity index (χ4n) is 2.33. The molecule has 0 saturated heterocycles. The fraction of sp³-hybridized carbons (Fsp3) is 0. The standard InChI is InChI=1S/C17H6Cl6FN/c18-7-1-10(20)16(11(21)2-7)14-5-9(24)6-15(25-14)17-12(22)3-8(19)4-13(17)23/h1-6H. The Morgan fingerprint density at radius 3 is 1.20 bits per heavy atom. The number of hydrogen-bond donors (Lipinski definition) is 0. The Morgan fingerprint density at radius 2 is 0.880 bits per heavy atom. The van der Waals surface area contributed by atoms with Crippen molar-refractivity contribution >= 4 is 69.6 Å². The molecule has 0 radical (unpaired) electrons. The van der Waals surface area contributed by atoms with Gasteiger partial charge in [0.2, 0.25) is 0 Å². The van der Waals surface area contributed by atoms with Crippen LogP contribution in [0.15, 0.2) is 36.4 Å². The van der Waals surface area contributed by atoms with Crippen molar-refractivity contribution in [2.45, 2.75) is 0 Å². The van der Waals surface area contributed by atoms with E-state index in [0.29, 0.717) is 21.2 Å². The molecule has 0 N–H and O–H groups in total. The maximum atomic E-state index is 14.2. The van der Waals surface area contributed by atoms with Crippen LogP contribution in [0.4, 0.5) is 4.39 Å². The Bertz CT molecular complexity index is 867. The van der Waals surface area contributed by atoms with Gasteiger partial charge in [-0.05, 0) is 24.3 Å². The summed E-state index contributed by atoms with van der Waals surface area (Å²) >= 11 is 36.6. The molecule has 3 rings (SSSR count). The minimum absolute atomic E-state index is 0.226. The lowest BCUT2D eigenvalue weighted by molar-refractivity contribution is 0.627. The van der Waals surface area contributed by atoms with Crippen LogP contribution in [-0.2, 0) is 0 Å². The lowest BCUT2D eigenvalue weighted by Gasteiger charge is -2.12. The summed E-state index contributed by atoms with van der Waals surface area (Å²) in [6.45, 7) is 0. The van der Waals surface area contributed by atoms with Gasteiger partial charge in [-0.25, -0.2) is 9.37 Å². The molecule has 0 saturated carbocycles. The highest BCUT2D eigenvalue weighted by molar-refractivity contribution is 6.42. The zero-order chi connectivity index (χ0) is 18.3. The van der Waals surface area contributed by atoms with Gasteiger partial charge in [0.25, 0.3) is 0 Å². The topological polar surface area (TPSA) is 12.9 Å². The Balaban J connectivity index is 2.25. The molecule has 8 heteroatoms. The normalized spacial score (nSPS) is 11.0. The van der Waals surface area contributed by atoms with Crippen molar-refractivity contribution in [1.82, 2.24) is 4.98 Å². The van der Waals surface area contributed by atoms with Gasteiger partial charge in [0, 0.05) is 33.3 Å². The maximum absolute atomic E-state index is 14.2. The number of halogens is 7. The molecule has 0 unspecified atom stereocenters. The molecule has 0 aliphatic heterocycles. The molecule has 1 aromatic heterocycles. The van der Waals surface area contributed by atoms with Gasteiger partial charge < -0.3 is 0 Å². The Morgan fingerprint density at radius 1 is 0.560 bits per heavy atom. The summed E-state index contributed by atoms with van der Waals surface area (Å²) in [5.74, 6) is -0.552. The van der Waals surface area contributed by atoms with E-state index in [4.69, 9.17) is 69.6 Å². The molecule has 0 fully saturated rings. The number of hydrogen-bond acceptors (Lipinski definition) is 1. The summed E-state index contributed by atoms with van der Waals surface area (Å²) in [5.41, 5.74) is 1.16. The van der Waals surface area contributed by atoms with Crippen molar-refractivity contribution in [2.24, 2.45) is 0 Å². The van der Waals surface area contributed by atoms with Crippen LogP contribution in [0, 0.1) is 5.82 Å². The molecule has 0 spiro atoms. The molecule has 0 bridgehead atoms. The largest absolute Gasteiger partial charge is 0.247 e. The highest BCUT2D eigenvalue weighted by Crippen LogP contribution is 2.40. The van der Waals surface area contributed by atoms with Gasteiger partial charge >= 0.3 is 0 Å². The van der Waals surface area contributed by atoms with E-state index < -0.39 is 5.82 Å². The minimum atomic E-state index is -0.552. The SMILES string of the molecule is Fc1cc(-c2c(Cl)cc(Cl)cc2Cl)nc(-c2c(Cl)cc(Cl)cc2Cl)c1. The van der Waals surface area contributed by atoms with Crippen molar-refractivity contribution in [3.05, 3.63) is 72.4 Å². The van der Waals surface area contributed by atoms with Gasteiger partial charge in [-0.3, -0.25) is 0 Å². The first-order valence-corrected chi connectivity index (χ1v) is 9.00. The van der Waals surface area contributed by atoms with Gasteiger partial charge in [0.15, 0.2) is 0 Å². The average molecular weight is 456 g/mol. The predicted octanol–water partition coefficient (Wildman–Crippen LogP) is 8.48. The lowest BCUT2D eigenvalue weighted by Crippen LogP contribution is -1.94. The van der Waals surface area contributed by atoms with E-state index in [9.17, 15) is 4.39 Å².